The monoisotopic (exact) mass is 339 g/mol. The van der Waals surface area contributed by atoms with E-state index in [1.807, 2.05) is 18.2 Å². The molecule has 6 nitrogen and oxygen atoms in total. The van der Waals surface area contributed by atoms with Crippen LogP contribution in [-0.4, -0.2) is 63.6 Å². The molecule has 2 heterocycles. The van der Waals surface area contributed by atoms with E-state index in [-0.39, 0.29) is 6.10 Å². The van der Waals surface area contributed by atoms with Crippen molar-refractivity contribution in [2.24, 2.45) is 0 Å². The van der Waals surface area contributed by atoms with Crippen LogP contribution in [0.5, 0.6) is 0 Å². The molecule has 128 valence electrons. The van der Waals surface area contributed by atoms with Crippen molar-refractivity contribution < 1.29 is 13.2 Å². The average molecular weight is 339 g/mol. The van der Waals surface area contributed by atoms with Gasteiger partial charge in [0.1, 0.15) is 0 Å². The number of hydrogen-bond acceptors (Lipinski definition) is 4. The molecular formula is C16H25N3O3S. The first kappa shape index (κ1) is 16.9. The van der Waals surface area contributed by atoms with Gasteiger partial charge < -0.3 is 9.64 Å². The Balaban J connectivity index is 1.51. The van der Waals surface area contributed by atoms with Gasteiger partial charge in [-0.3, -0.25) is 0 Å². The van der Waals surface area contributed by atoms with Crippen LogP contribution in [-0.2, 0) is 27.9 Å². The summed E-state index contributed by atoms with van der Waals surface area (Å²) >= 11 is 0. The Kier molecular flexibility index (Phi) is 5.33. The fourth-order valence-corrected chi connectivity index (χ4v) is 4.36. The van der Waals surface area contributed by atoms with Gasteiger partial charge in [0.15, 0.2) is 0 Å². The Morgan fingerprint density at radius 3 is 2.83 bits per heavy atom. The molecule has 0 spiro atoms. The first-order valence-corrected chi connectivity index (χ1v) is 9.60. The smallest absolute Gasteiger partial charge is 0.279 e. The molecular weight excluding hydrogens is 314 g/mol. The lowest BCUT2D eigenvalue weighted by atomic mass is 10.0. The summed E-state index contributed by atoms with van der Waals surface area (Å²) < 4.78 is 34.8. The molecule has 7 heteroatoms. The van der Waals surface area contributed by atoms with E-state index in [1.54, 1.807) is 0 Å². The van der Waals surface area contributed by atoms with E-state index in [0.717, 1.165) is 31.7 Å². The normalized spacial score (nSPS) is 23.6. The number of fused-ring (bicyclic) bond motifs is 1. The molecule has 0 radical (unpaired) electrons. The quantitative estimate of drug-likeness (QED) is 0.853. The summed E-state index contributed by atoms with van der Waals surface area (Å²) in [6.07, 6.45) is 1.58. The molecule has 0 aromatic heterocycles. The van der Waals surface area contributed by atoms with Crippen molar-refractivity contribution in [2.75, 3.05) is 39.8 Å². The van der Waals surface area contributed by atoms with Crippen LogP contribution < -0.4 is 4.72 Å². The fourth-order valence-electron chi connectivity index (χ4n) is 3.16. The third-order valence-electron chi connectivity index (χ3n) is 4.53. The van der Waals surface area contributed by atoms with Gasteiger partial charge in [-0.25, -0.2) is 4.72 Å². The highest BCUT2D eigenvalue weighted by Gasteiger charge is 2.26. The zero-order chi connectivity index (χ0) is 16.3. The molecule has 1 atom stereocenters. The largest absolute Gasteiger partial charge is 0.376 e. The van der Waals surface area contributed by atoms with Crippen LogP contribution in [0, 0.1) is 0 Å². The topological polar surface area (TPSA) is 61.9 Å². The molecule has 0 bridgehead atoms. The third-order valence-corrected chi connectivity index (χ3v) is 6.09. The molecule has 1 saturated heterocycles. The summed E-state index contributed by atoms with van der Waals surface area (Å²) in [5, 5.41) is 0. The Hall–Kier alpha value is -0.990. The SMILES string of the molecule is CN1CCO[C@H](CCNS(=O)(=O)N2CCc3ccccc3C2)C1. The van der Waals surface area contributed by atoms with E-state index in [9.17, 15) is 8.42 Å². The van der Waals surface area contributed by atoms with Crippen molar-refractivity contribution >= 4 is 10.2 Å². The van der Waals surface area contributed by atoms with Crippen LogP contribution in [0.1, 0.15) is 17.5 Å². The van der Waals surface area contributed by atoms with Gasteiger partial charge in [0, 0.05) is 32.7 Å². The highest BCUT2D eigenvalue weighted by molar-refractivity contribution is 7.87. The first-order chi connectivity index (χ1) is 11.0. The highest BCUT2D eigenvalue weighted by atomic mass is 32.2. The second kappa shape index (κ2) is 7.27. The first-order valence-electron chi connectivity index (χ1n) is 8.16. The summed E-state index contributed by atoms with van der Waals surface area (Å²) in [6.45, 7) is 3.92. The summed E-state index contributed by atoms with van der Waals surface area (Å²) in [5.74, 6) is 0. The van der Waals surface area contributed by atoms with Crippen molar-refractivity contribution in [3.05, 3.63) is 35.4 Å². The lowest BCUT2D eigenvalue weighted by molar-refractivity contribution is -0.0222. The van der Waals surface area contributed by atoms with Gasteiger partial charge in [0.05, 0.1) is 12.7 Å². The standard InChI is InChI=1S/C16H25N3O3S/c1-18-10-11-22-16(13-18)6-8-17-23(20,21)19-9-7-14-4-2-3-5-15(14)12-19/h2-5,16-17H,6-13H2,1H3/t16-/m1/s1. The van der Waals surface area contributed by atoms with Crippen LogP contribution in [0.15, 0.2) is 24.3 Å². The molecule has 1 N–H and O–H groups in total. The molecule has 1 aromatic carbocycles. The van der Waals surface area contributed by atoms with Gasteiger partial charge in [-0.05, 0) is 31.0 Å². The van der Waals surface area contributed by atoms with Gasteiger partial charge in [-0.2, -0.15) is 12.7 Å². The van der Waals surface area contributed by atoms with E-state index in [0.29, 0.717) is 26.1 Å². The number of morpholine rings is 1. The fraction of sp³-hybridized carbons (Fsp3) is 0.625. The zero-order valence-corrected chi connectivity index (χ0v) is 14.4. The van der Waals surface area contributed by atoms with Crippen molar-refractivity contribution in [3.8, 4) is 0 Å². The van der Waals surface area contributed by atoms with Crippen molar-refractivity contribution in [3.63, 3.8) is 0 Å². The van der Waals surface area contributed by atoms with E-state index in [2.05, 4.69) is 22.7 Å². The second-order valence-corrected chi connectivity index (χ2v) is 8.05. The molecule has 23 heavy (non-hydrogen) atoms. The number of benzene rings is 1. The minimum Gasteiger partial charge on any atom is -0.376 e. The number of hydrogen-bond donors (Lipinski definition) is 1. The number of nitrogens with one attached hydrogen (secondary N) is 1. The minimum absolute atomic E-state index is 0.110. The van der Waals surface area contributed by atoms with Crippen molar-refractivity contribution in [1.29, 1.82) is 0 Å². The van der Waals surface area contributed by atoms with E-state index in [4.69, 9.17) is 4.74 Å². The Morgan fingerprint density at radius 2 is 2.04 bits per heavy atom. The predicted molar refractivity (Wildman–Crippen MR) is 89.3 cm³/mol. The van der Waals surface area contributed by atoms with E-state index < -0.39 is 10.2 Å². The van der Waals surface area contributed by atoms with Crippen molar-refractivity contribution in [2.45, 2.75) is 25.5 Å². The lowest BCUT2D eigenvalue weighted by Gasteiger charge is -2.31. The maximum atomic E-state index is 12.5. The third kappa shape index (κ3) is 4.30. The molecule has 0 amide bonds. The van der Waals surface area contributed by atoms with E-state index in [1.165, 1.54) is 9.87 Å². The van der Waals surface area contributed by atoms with E-state index >= 15 is 0 Å². The van der Waals surface area contributed by atoms with Gasteiger partial charge in [-0.1, -0.05) is 24.3 Å². The molecule has 2 aliphatic rings. The van der Waals surface area contributed by atoms with Crippen LogP contribution in [0.4, 0.5) is 0 Å². The number of likely N-dealkylation sites (N-methyl/N-ethyl adjacent to an activating group) is 1. The summed E-state index contributed by atoms with van der Waals surface area (Å²) in [7, 11) is -1.37. The molecule has 1 fully saturated rings. The molecule has 3 rings (SSSR count). The van der Waals surface area contributed by atoms with Crippen LogP contribution in [0.2, 0.25) is 0 Å². The Labute approximate surface area is 138 Å². The number of rotatable bonds is 5. The number of ether oxygens (including phenoxy) is 1. The second-order valence-electron chi connectivity index (χ2n) is 6.30. The summed E-state index contributed by atoms with van der Waals surface area (Å²) in [6, 6.07) is 8.04. The molecule has 0 aliphatic carbocycles. The van der Waals surface area contributed by atoms with Crippen LogP contribution in [0.25, 0.3) is 0 Å². The highest BCUT2D eigenvalue weighted by Crippen LogP contribution is 2.20. The lowest BCUT2D eigenvalue weighted by Crippen LogP contribution is -2.45. The Morgan fingerprint density at radius 1 is 1.26 bits per heavy atom. The van der Waals surface area contributed by atoms with Crippen LogP contribution >= 0.6 is 0 Å². The van der Waals surface area contributed by atoms with Gasteiger partial charge in [0.2, 0.25) is 0 Å². The summed E-state index contributed by atoms with van der Waals surface area (Å²) in [5.41, 5.74) is 2.35. The van der Waals surface area contributed by atoms with Gasteiger partial charge >= 0.3 is 0 Å². The molecule has 0 saturated carbocycles. The molecule has 0 unspecified atom stereocenters. The minimum atomic E-state index is -3.43. The maximum absolute atomic E-state index is 12.5. The average Bonchev–Trinajstić information content (AvgIpc) is 2.54. The van der Waals surface area contributed by atoms with Crippen LogP contribution in [0.3, 0.4) is 0 Å². The van der Waals surface area contributed by atoms with Crippen molar-refractivity contribution in [1.82, 2.24) is 13.9 Å². The summed E-state index contributed by atoms with van der Waals surface area (Å²) in [4.78, 5) is 2.21. The molecule has 1 aromatic rings. The maximum Gasteiger partial charge on any atom is 0.279 e. The van der Waals surface area contributed by atoms with Gasteiger partial charge in [-0.15, -0.1) is 0 Å². The number of nitrogens with zero attached hydrogens (tertiary/aromatic N) is 2. The van der Waals surface area contributed by atoms with Gasteiger partial charge in [0.25, 0.3) is 10.2 Å². The molecule has 2 aliphatic heterocycles. The zero-order valence-electron chi connectivity index (χ0n) is 13.6. The Bertz CT molecular complexity index is 635. The predicted octanol–water partition coefficient (Wildman–Crippen LogP) is 0.600.